The van der Waals surface area contributed by atoms with E-state index >= 15 is 0 Å². The predicted octanol–water partition coefficient (Wildman–Crippen LogP) is 5.05. The number of carbonyl (C=O) groups excluding carboxylic acids is 1. The van der Waals surface area contributed by atoms with Crippen LogP contribution in [-0.4, -0.2) is 26.4 Å². The summed E-state index contributed by atoms with van der Waals surface area (Å²) >= 11 is 13.0. The second-order valence-corrected chi connectivity index (χ2v) is 9.01. The van der Waals surface area contributed by atoms with Crippen LogP contribution in [-0.2, 0) is 7.05 Å². The van der Waals surface area contributed by atoms with Crippen LogP contribution >= 0.6 is 23.2 Å². The monoisotopic (exact) mass is 425 g/mol. The van der Waals surface area contributed by atoms with Crippen LogP contribution in [0, 0.1) is 11.8 Å². The summed E-state index contributed by atoms with van der Waals surface area (Å²) < 4.78 is 27.7. The first-order valence-electron chi connectivity index (χ1n) is 9.42. The highest BCUT2D eigenvalue weighted by Crippen LogP contribution is 2.66. The lowest BCUT2D eigenvalue weighted by Gasteiger charge is -2.61. The van der Waals surface area contributed by atoms with Crippen molar-refractivity contribution in [1.29, 1.82) is 0 Å². The molecule has 2 fully saturated rings. The Bertz CT molecular complexity index is 963. The number of fused-ring (bicyclic) bond motifs is 1. The molecule has 4 aliphatic carbocycles. The number of benzene rings is 1. The van der Waals surface area contributed by atoms with E-state index in [4.69, 9.17) is 23.2 Å². The predicted molar refractivity (Wildman–Crippen MR) is 104 cm³/mol. The maximum Gasteiger partial charge on any atom is 0.282 e. The topological polar surface area (TPSA) is 46.9 Å². The minimum Gasteiger partial charge on any atom is -0.322 e. The molecule has 2 bridgehead atoms. The molecule has 0 aliphatic heterocycles. The summed E-state index contributed by atoms with van der Waals surface area (Å²) in [4.78, 5) is 12.8. The Kier molecular flexibility index (Phi) is 4.22. The molecule has 4 nitrogen and oxygen atoms in total. The van der Waals surface area contributed by atoms with Gasteiger partial charge in [-0.15, -0.1) is 23.2 Å². The van der Waals surface area contributed by atoms with Gasteiger partial charge in [-0.3, -0.25) is 9.48 Å². The van der Waals surface area contributed by atoms with Crippen LogP contribution in [0.1, 0.15) is 58.3 Å². The molecule has 0 radical (unpaired) electrons. The van der Waals surface area contributed by atoms with Gasteiger partial charge in [0.15, 0.2) is 0 Å². The van der Waals surface area contributed by atoms with Crippen molar-refractivity contribution >= 4 is 34.8 Å². The quantitative estimate of drug-likeness (QED) is 0.699. The Hall–Kier alpha value is -1.66. The van der Waals surface area contributed by atoms with E-state index in [-0.39, 0.29) is 22.2 Å². The summed E-state index contributed by atoms with van der Waals surface area (Å²) in [7, 11) is 1.52. The fourth-order valence-electron chi connectivity index (χ4n) is 5.59. The van der Waals surface area contributed by atoms with Crippen LogP contribution in [0.4, 0.5) is 14.5 Å². The number of aromatic nitrogens is 2. The summed E-state index contributed by atoms with van der Waals surface area (Å²) in [5.74, 6) is 0.700. The summed E-state index contributed by atoms with van der Waals surface area (Å²) in [6.45, 7) is 0. The zero-order valence-corrected chi connectivity index (χ0v) is 16.6. The number of hydrogen-bond donors (Lipinski definition) is 1. The molecular weight excluding hydrogens is 407 g/mol. The number of nitrogens with one attached hydrogen (secondary N) is 1. The molecule has 0 spiro atoms. The van der Waals surface area contributed by atoms with Crippen molar-refractivity contribution < 1.29 is 13.6 Å². The molecule has 28 heavy (non-hydrogen) atoms. The summed E-state index contributed by atoms with van der Waals surface area (Å²) in [6.07, 6.45) is 0.596. The van der Waals surface area contributed by atoms with E-state index in [2.05, 4.69) is 16.5 Å². The van der Waals surface area contributed by atoms with Gasteiger partial charge < -0.3 is 5.32 Å². The molecule has 6 rings (SSSR count). The van der Waals surface area contributed by atoms with Crippen molar-refractivity contribution in [3.63, 3.8) is 0 Å². The number of amides is 1. The summed E-state index contributed by atoms with van der Waals surface area (Å²) in [6, 6.07) is 5.84. The van der Waals surface area contributed by atoms with Crippen LogP contribution in [0.15, 0.2) is 24.4 Å². The van der Waals surface area contributed by atoms with Crippen LogP contribution in [0.3, 0.4) is 0 Å². The normalized spacial score (nSPS) is 32.6. The van der Waals surface area contributed by atoms with Crippen LogP contribution in [0.2, 0.25) is 0 Å². The summed E-state index contributed by atoms with van der Waals surface area (Å²) in [5.41, 5.74) is 2.39. The van der Waals surface area contributed by atoms with Crippen LogP contribution in [0.5, 0.6) is 0 Å². The molecule has 2 saturated carbocycles. The largest absolute Gasteiger partial charge is 0.322 e. The Morgan fingerprint density at radius 3 is 2.61 bits per heavy atom. The highest BCUT2D eigenvalue weighted by molar-refractivity contribution is 6.31. The third-order valence-corrected chi connectivity index (χ3v) is 7.92. The van der Waals surface area contributed by atoms with Gasteiger partial charge >= 0.3 is 0 Å². The average Bonchev–Trinajstić information content (AvgIpc) is 3.09. The zero-order chi connectivity index (χ0) is 19.7. The molecule has 8 heteroatoms. The number of carbonyl (C=O) groups is 1. The first-order valence-corrected chi connectivity index (χ1v) is 10.3. The van der Waals surface area contributed by atoms with E-state index in [9.17, 15) is 13.6 Å². The van der Waals surface area contributed by atoms with Gasteiger partial charge in [0.2, 0.25) is 0 Å². The van der Waals surface area contributed by atoms with E-state index in [0.29, 0.717) is 23.4 Å². The number of rotatable bonds is 3. The molecule has 0 saturated heterocycles. The van der Waals surface area contributed by atoms with Crippen LogP contribution < -0.4 is 5.32 Å². The van der Waals surface area contributed by atoms with Crippen molar-refractivity contribution in [1.82, 2.24) is 9.78 Å². The van der Waals surface area contributed by atoms with Gasteiger partial charge in [-0.2, -0.15) is 5.10 Å². The molecule has 2 aromatic rings. The molecule has 4 aliphatic rings. The van der Waals surface area contributed by atoms with Crippen molar-refractivity contribution in [2.45, 2.75) is 41.9 Å². The average molecular weight is 426 g/mol. The van der Waals surface area contributed by atoms with Crippen molar-refractivity contribution in [2.24, 2.45) is 18.9 Å². The molecule has 1 aromatic heterocycles. The highest BCUT2D eigenvalue weighted by Gasteiger charge is 2.61. The first kappa shape index (κ1) is 18.4. The van der Waals surface area contributed by atoms with Crippen LogP contribution in [0.25, 0.3) is 0 Å². The molecule has 1 heterocycles. The number of alkyl halides is 4. The maximum absolute atomic E-state index is 13.2. The Morgan fingerprint density at radius 2 is 1.89 bits per heavy atom. The minimum atomic E-state index is -2.81. The molecule has 148 valence electrons. The second-order valence-electron chi connectivity index (χ2n) is 8.00. The molecule has 1 amide bonds. The van der Waals surface area contributed by atoms with Crippen molar-refractivity contribution in [3.8, 4) is 0 Å². The van der Waals surface area contributed by atoms with E-state index in [1.54, 1.807) is 0 Å². The third-order valence-electron chi connectivity index (χ3n) is 6.67. The number of anilines is 1. The smallest absolute Gasteiger partial charge is 0.282 e. The molecule has 6 atom stereocenters. The second kappa shape index (κ2) is 6.42. The molecule has 1 N–H and O–H groups in total. The zero-order valence-electron chi connectivity index (χ0n) is 15.1. The van der Waals surface area contributed by atoms with E-state index in [1.165, 1.54) is 23.5 Å². The Labute approximate surface area is 171 Å². The lowest BCUT2D eigenvalue weighted by Crippen LogP contribution is -2.59. The van der Waals surface area contributed by atoms with E-state index in [1.807, 2.05) is 12.1 Å². The summed E-state index contributed by atoms with van der Waals surface area (Å²) in [5, 5.41) is 6.50. The molecule has 4 unspecified atom stereocenters. The number of halogens is 4. The van der Waals surface area contributed by atoms with Gasteiger partial charge in [-0.25, -0.2) is 8.78 Å². The van der Waals surface area contributed by atoms with Gasteiger partial charge in [0.05, 0.1) is 16.3 Å². The van der Waals surface area contributed by atoms with E-state index < -0.39 is 18.0 Å². The van der Waals surface area contributed by atoms with Crippen molar-refractivity contribution in [2.75, 3.05) is 5.32 Å². The SMILES string of the molecule is Cn1cc(C(=O)Nc2cccc3c2[C@H]2CCC3[C@H]3C(Cl)C(Cl)C32)c(C(F)F)n1. The van der Waals surface area contributed by atoms with Gasteiger partial charge in [0, 0.05) is 18.9 Å². The minimum absolute atomic E-state index is 0.0187. The third kappa shape index (κ3) is 2.47. The maximum atomic E-state index is 13.2. The lowest BCUT2D eigenvalue weighted by atomic mass is 9.48. The fraction of sp³-hybridized carbons (Fsp3) is 0.500. The number of hydrogen-bond acceptors (Lipinski definition) is 2. The number of nitrogens with zero attached hydrogens (tertiary/aromatic N) is 2. The first-order chi connectivity index (χ1) is 13.4. The van der Waals surface area contributed by atoms with E-state index in [0.717, 1.165) is 18.4 Å². The Morgan fingerprint density at radius 1 is 1.21 bits per heavy atom. The lowest BCUT2D eigenvalue weighted by molar-refractivity contribution is 0.0613. The van der Waals surface area contributed by atoms with Gasteiger partial charge in [0.25, 0.3) is 12.3 Å². The van der Waals surface area contributed by atoms with Gasteiger partial charge in [-0.1, -0.05) is 12.1 Å². The van der Waals surface area contributed by atoms with Gasteiger partial charge in [-0.05, 0) is 53.7 Å². The molecule has 1 aromatic carbocycles. The Balaban J connectivity index is 1.51. The molecular formula is C20H19Cl2F2N3O. The van der Waals surface area contributed by atoms with Crippen molar-refractivity contribution in [3.05, 3.63) is 46.8 Å². The fourth-order valence-corrected chi connectivity index (χ4v) is 6.61. The number of aryl methyl sites for hydroxylation is 1. The standard InChI is InChI=1S/C20H19Cl2F2N3O/c1-27-7-11(18(26-27)19(23)24)20(28)25-12-4-2-3-8-9-5-6-10(13(8)12)15-14(9)16(21)17(15)22/h2-4,7,9-10,14-17,19H,5-6H2,1H3,(H,25,28)/t9?,10-,14-,15?,16?,17?/m1/s1. The van der Waals surface area contributed by atoms with Gasteiger partial charge in [0.1, 0.15) is 5.69 Å². The highest BCUT2D eigenvalue weighted by atomic mass is 35.5.